The molecule has 0 saturated heterocycles. The minimum atomic E-state index is 0.583. The molecular weight excluding hydrogens is 560 g/mol. The number of rotatable bonds is 6. The molecule has 218 valence electrons. The summed E-state index contributed by atoms with van der Waals surface area (Å²) in [5, 5.41) is 7.20. The summed E-state index contributed by atoms with van der Waals surface area (Å²) in [6.45, 7) is 5.81. The van der Waals surface area contributed by atoms with Crippen LogP contribution in [-0.2, 0) is 0 Å². The van der Waals surface area contributed by atoms with Crippen LogP contribution in [0.3, 0.4) is 0 Å². The lowest BCUT2D eigenvalue weighted by atomic mass is 9.95. The summed E-state index contributed by atoms with van der Waals surface area (Å²) in [5.41, 5.74) is 6.38. The number of para-hydroxylation sites is 1. The quantitative estimate of drug-likeness (QED) is 0.181. The number of nitrogens with zero attached hydrogens (tertiary/aromatic N) is 4. The van der Waals surface area contributed by atoms with Gasteiger partial charge in [0, 0.05) is 16.3 Å². The topological polar surface area (TPSA) is 43.6 Å². The maximum absolute atomic E-state index is 5.08. The molecule has 0 spiro atoms. The maximum atomic E-state index is 5.08. The van der Waals surface area contributed by atoms with Gasteiger partial charge in [0.05, 0.1) is 11.0 Å². The van der Waals surface area contributed by atoms with E-state index in [1.165, 1.54) is 38.1 Å². The zero-order valence-corrected chi connectivity index (χ0v) is 25.4. The van der Waals surface area contributed by atoms with Crippen LogP contribution in [-0.4, -0.2) is 19.5 Å². The number of hydrogen-bond donors (Lipinski definition) is 0. The normalized spacial score (nSPS) is 12.2. The first kappa shape index (κ1) is 27.4. The van der Waals surface area contributed by atoms with Gasteiger partial charge >= 0.3 is 0 Å². The van der Waals surface area contributed by atoms with Gasteiger partial charge in [0.25, 0.3) is 0 Å². The van der Waals surface area contributed by atoms with Gasteiger partial charge in [-0.1, -0.05) is 140 Å². The maximum Gasteiger partial charge on any atom is 0.238 e. The standard InChI is InChI=1S/C42H30N4/c1-3-4-6-14-28(2)40-43-41(31-16-7-5-8-17-31)45-42(44-40)46-37-22-12-11-20-35(37)39-36-27-32(24-23-30(36)25-26-38(39)46)34-21-13-18-29-15-9-10-19-33(29)34/h3-27H,1H2,2H3/b6-4-,28-14+. The van der Waals surface area contributed by atoms with Gasteiger partial charge in [0.2, 0.25) is 5.95 Å². The van der Waals surface area contributed by atoms with Gasteiger partial charge in [-0.2, -0.15) is 9.97 Å². The second kappa shape index (κ2) is 11.4. The molecule has 0 aliphatic rings. The Morgan fingerprint density at radius 3 is 2.22 bits per heavy atom. The summed E-state index contributed by atoms with van der Waals surface area (Å²) in [4.78, 5) is 15.1. The van der Waals surface area contributed by atoms with Crippen LogP contribution in [0.1, 0.15) is 12.7 Å². The van der Waals surface area contributed by atoms with Crippen molar-refractivity contribution in [3.8, 4) is 28.5 Å². The van der Waals surface area contributed by atoms with E-state index >= 15 is 0 Å². The molecule has 0 atom stereocenters. The van der Waals surface area contributed by atoms with Crippen molar-refractivity contribution in [1.82, 2.24) is 19.5 Å². The summed E-state index contributed by atoms with van der Waals surface area (Å²) in [6.07, 6.45) is 7.61. The van der Waals surface area contributed by atoms with Gasteiger partial charge in [-0.25, -0.2) is 4.98 Å². The molecule has 2 heterocycles. The Hall–Kier alpha value is -6.13. The number of aromatic nitrogens is 4. The highest BCUT2D eigenvalue weighted by atomic mass is 15.2. The van der Waals surface area contributed by atoms with E-state index in [9.17, 15) is 0 Å². The Morgan fingerprint density at radius 1 is 0.609 bits per heavy atom. The Bertz CT molecular complexity index is 2500. The molecule has 4 nitrogen and oxygen atoms in total. The van der Waals surface area contributed by atoms with Crippen LogP contribution < -0.4 is 0 Å². The van der Waals surface area contributed by atoms with Crippen LogP contribution >= 0.6 is 0 Å². The monoisotopic (exact) mass is 590 g/mol. The highest BCUT2D eigenvalue weighted by molar-refractivity contribution is 6.22. The fraction of sp³-hybridized carbons (Fsp3) is 0.0238. The van der Waals surface area contributed by atoms with Gasteiger partial charge in [0.1, 0.15) is 0 Å². The lowest BCUT2D eigenvalue weighted by Crippen LogP contribution is -2.07. The first-order valence-corrected chi connectivity index (χ1v) is 15.4. The highest BCUT2D eigenvalue weighted by Crippen LogP contribution is 2.39. The Balaban J connectivity index is 1.41. The van der Waals surface area contributed by atoms with E-state index in [1.807, 2.05) is 55.5 Å². The van der Waals surface area contributed by atoms with Crippen molar-refractivity contribution in [2.45, 2.75) is 6.92 Å². The first-order valence-electron chi connectivity index (χ1n) is 15.4. The molecule has 0 saturated carbocycles. The van der Waals surface area contributed by atoms with Crippen LogP contribution in [0.15, 0.2) is 158 Å². The third-order valence-corrected chi connectivity index (χ3v) is 8.56. The van der Waals surface area contributed by atoms with E-state index in [2.05, 4.69) is 108 Å². The fourth-order valence-electron chi connectivity index (χ4n) is 6.36. The van der Waals surface area contributed by atoms with Crippen LogP contribution in [0.4, 0.5) is 0 Å². The molecule has 4 heteroatoms. The number of benzene rings is 6. The molecule has 8 rings (SSSR count). The lowest BCUT2D eigenvalue weighted by molar-refractivity contribution is 0.930. The van der Waals surface area contributed by atoms with Gasteiger partial charge in [0.15, 0.2) is 11.6 Å². The predicted molar refractivity (Wildman–Crippen MR) is 193 cm³/mol. The molecule has 46 heavy (non-hydrogen) atoms. The summed E-state index contributed by atoms with van der Waals surface area (Å²) in [6, 6.07) is 44.9. The molecule has 6 aromatic carbocycles. The van der Waals surface area contributed by atoms with Crippen LogP contribution in [0, 0.1) is 0 Å². The molecular formula is C42H30N4. The average Bonchev–Trinajstić information content (AvgIpc) is 3.46. The van der Waals surface area contributed by atoms with E-state index < -0.39 is 0 Å². The van der Waals surface area contributed by atoms with Crippen LogP contribution in [0.2, 0.25) is 0 Å². The molecule has 2 aromatic heterocycles. The van der Waals surface area contributed by atoms with E-state index in [0.29, 0.717) is 17.6 Å². The Kier molecular flexibility index (Phi) is 6.81. The van der Waals surface area contributed by atoms with Gasteiger partial charge < -0.3 is 0 Å². The van der Waals surface area contributed by atoms with Crippen molar-refractivity contribution < 1.29 is 0 Å². The van der Waals surface area contributed by atoms with Crippen molar-refractivity contribution in [1.29, 1.82) is 0 Å². The minimum absolute atomic E-state index is 0.583. The van der Waals surface area contributed by atoms with Crippen molar-refractivity contribution >= 4 is 48.9 Å². The summed E-state index contributed by atoms with van der Waals surface area (Å²) in [7, 11) is 0. The van der Waals surface area contributed by atoms with Gasteiger partial charge in [-0.05, 0) is 63.4 Å². The molecule has 8 aromatic rings. The fourth-order valence-corrected chi connectivity index (χ4v) is 6.36. The Labute approximate surface area is 267 Å². The summed E-state index contributed by atoms with van der Waals surface area (Å²) >= 11 is 0. The Morgan fingerprint density at radius 2 is 1.35 bits per heavy atom. The van der Waals surface area contributed by atoms with E-state index in [1.54, 1.807) is 6.08 Å². The average molecular weight is 591 g/mol. The molecule has 0 N–H and O–H groups in total. The van der Waals surface area contributed by atoms with Crippen LogP contribution in [0.25, 0.3) is 77.4 Å². The summed E-state index contributed by atoms with van der Waals surface area (Å²) in [5.74, 6) is 1.84. The zero-order chi connectivity index (χ0) is 31.0. The predicted octanol–water partition coefficient (Wildman–Crippen LogP) is 10.8. The van der Waals surface area contributed by atoms with Gasteiger partial charge in [-0.3, -0.25) is 4.57 Å². The van der Waals surface area contributed by atoms with Crippen molar-refractivity contribution in [3.05, 3.63) is 164 Å². The number of hydrogen-bond acceptors (Lipinski definition) is 3. The highest BCUT2D eigenvalue weighted by Gasteiger charge is 2.19. The smallest absolute Gasteiger partial charge is 0.238 e. The van der Waals surface area contributed by atoms with Crippen molar-refractivity contribution in [2.24, 2.45) is 0 Å². The number of allylic oxidation sites excluding steroid dienone is 5. The molecule has 0 aliphatic carbocycles. The molecule has 0 bridgehead atoms. The van der Waals surface area contributed by atoms with Gasteiger partial charge in [-0.15, -0.1) is 0 Å². The van der Waals surface area contributed by atoms with Crippen LogP contribution in [0.5, 0.6) is 0 Å². The zero-order valence-electron chi connectivity index (χ0n) is 25.4. The number of fused-ring (bicyclic) bond motifs is 6. The molecule has 0 fully saturated rings. The van der Waals surface area contributed by atoms with E-state index in [0.717, 1.165) is 27.6 Å². The second-order valence-corrected chi connectivity index (χ2v) is 11.4. The van der Waals surface area contributed by atoms with Crippen molar-refractivity contribution in [3.63, 3.8) is 0 Å². The minimum Gasteiger partial charge on any atom is -0.278 e. The van der Waals surface area contributed by atoms with E-state index in [4.69, 9.17) is 15.0 Å². The lowest BCUT2D eigenvalue weighted by Gasteiger charge is -2.11. The summed E-state index contributed by atoms with van der Waals surface area (Å²) < 4.78 is 2.18. The largest absolute Gasteiger partial charge is 0.278 e. The molecule has 0 radical (unpaired) electrons. The third kappa shape index (κ3) is 4.68. The molecule has 0 aliphatic heterocycles. The third-order valence-electron chi connectivity index (χ3n) is 8.56. The second-order valence-electron chi connectivity index (χ2n) is 11.4. The van der Waals surface area contributed by atoms with E-state index in [-0.39, 0.29) is 0 Å². The van der Waals surface area contributed by atoms with Crippen molar-refractivity contribution in [2.75, 3.05) is 0 Å². The SMILES string of the molecule is C=C/C=C\C=C(/C)c1nc(-c2ccccc2)nc(-n2c3ccccc3c3c4cc(-c5cccc6ccccc56)ccc4ccc32)n1. The molecule has 0 amide bonds. The first-order chi connectivity index (χ1) is 22.7. The molecule has 0 unspecified atom stereocenters.